The fourth-order valence-corrected chi connectivity index (χ4v) is 11.4. The summed E-state index contributed by atoms with van der Waals surface area (Å²) < 4.78 is 24.2. The predicted molar refractivity (Wildman–Crippen MR) is 250 cm³/mol. The molecule has 5 aromatic rings. The molecule has 2 saturated heterocycles. The number of aryl methyl sites for hydroxylation is 1. The third-order valence-electron chi connectivity index (χ3n) is 14.5. The van der Waals surface area contributed by atoms with E-state index >= 15 is 0 Å². The maximum absolute atomic E-state index is 14.7. The van der Waals surface area contributed by atoms with E-state index in [2.05, 4.69) is 73.1 Å². The van der Waals surface area contributed by atoms with Crippen molar-refractivity contribution < 1.29 is 19.0 Å². The topological polar surface area (TPSA) is 135 Å². The number of hydrogen-bond donors (Lipinski definition) is 4. The molecule has 4 aliphatic rings. The van der Waals surface area contributed by atoms with E-state index in [9.17, 15) is 19.2 Å². The van der Waals surface area contributed by atoms with E-state index in [0.29, 0.717) is 80.1 Å². The Morgan fingerprint density at radius 2 is 1.79 bits per heavy atom. The smallest absolute Gasteiger partial charge is 0.265 e. The van der Waals surface area contributed by atoms with Gasteiger partial charge in [-0.05, 0) is 153 Å². The summed E-state index contributed by atoms with van der Waals surface area (Å²) in [6.45, 7) is 13.1. The van der Waals surface area contributed by atoms with Crippen LogP contribution in [-0.4, -0.2) is 70.2 Å². The van der Waals surface area contributed by atoms with Crippen LogP contribution in [0.5, 0.6) is 11.5 Å². The Labute approximate surface area is 374 Å². The Balaban J connectivity index is 0.878. The number of benzene rings is 3. The van der Waals surface area contributed by atoms with Crippen LogP contribution in [0.2, 0.25) is 0 Å². The van der Waals surface area contributed by atoms with Crippen molar-refractivity contribution in [3.8, 4) is 11.5 Å². The lowest BCUT2D eigenvalue weighted by molar-refractivity contribution is -0.0493. The van der Waals surface area contributed by atoms with Crippen LogP contribution in [-0.2, 0) is 0 Å². The van der Waals surface area contributed by atoms with Gasteiger partial charge in [-0.15, -0.1) is 4.91 Å². The van der Waals surface area contributed by atoms with Gasteiger partial charge in [0.25, 0.3) is 5.91 Å². The van der Waals surface area contributed by atoms with Crippen molar-refractivity contribution in [1.29, 1.82) is 0 Å². The van der Waals surface area contributed by atoms with Gasteiger partial charge in [0.05, 0.1) is 27.9 Å². The Kier molecular flexibility index (Phi) is 12.3. The van der Waals surface area contributed by atoms with Gasteiger partial charge in [-0.1, -0.05) is 44.5 Å². The molecule has 1 amide bonds. The molecule has 3 aromatic carbocycles. The van der Waals surface area contributed by atoms with Crippen molar-refractivity contribution in [2.45, 2.75) is 114 Å². The van der Waals surface area contributed by atoms with E-state index in [1.165, 1.54) is 31.0 Å². The van der Waals surface area contributed by atoms with Crippen LogP contribution in [0, 0.1) is 29.0 Å². The number of fused-ring (bicyclic) bond motifs is 1. The minimum atomic E-state index is -0.603. The van der Waals surface area contributed by atoms with E-state index in [4.69, 9.17) is 4.74 Å². The number of H-pyrrole nitrogens is 1. The number of anilines is 2. The molecule has 13 heteroatoms. The van der Waals surface area contributed by atoms with Crippen molar-refractivity contribution in [3.63, 3.8) is 0 Å². The van der Waals surface area contributed by atoms with Crippen LogP contribution >= 0.6 is 11.9 Å². The highest BCUT2D eigenvalue weighted by Crippen LogP contribution is 2.49. The first kappa shape index (κ1) is 43.3. The largest absolute Gasteiger partial charge is 0.455 e. The molecule has 2 aliphatic carbocycles. The number of piperidine rings is 1. The fraction of sp³-hybridized carbons (Fsp3) is 0.480. The highest BCUT2D eigenvalue weighted by molar-refractivity contribution is 7.98. The minimum Gasteiger partial charge on any atom is -0.455 e. The number of aromatic amines is 1. The van der Waals surface area contributed by atoms with Gasteiger partial charge in [-0.2, -0.15) is 0 Å². The first-order valence-corrected chi connectivity index (χ1v) is 23.6. The number of ether oxygens (including phenoxy) is 1. The van der Waals surface area contributed by atoms with Crippen LogP contribution in [0.25, 0.3) is 11.0 Å². The lowest BCUT2D eigenvalue weighted by Crippen LogP contribution is -2.63. The van der Waals surface area contributed by atoms with E-state index in [1.807, 2.05) is 31.2 Å². The predicted octanol–water partition coefficient (Wildman–Crippen LogP) is 11.4. The second kappa shape index (κ2) is 17.9. The van der Waals surface area contributed by atoms with Gasteiger partial charge in [0.1, 0.15) is 28.7 Å². The number of nitrogens with zero attached hydrogens (tertiary/aromatic N) is 4. The summed E-state index contributed by atoms with van der Waals surface area (Å²) in [7, 11) is 0. The molecule has 2 saturated carbocycles. The number of amides is 1. The lowest BCUT2D eigenvalue weighted by atomic mass is 9.70. The Bertz CT molecular complexity index is 2460. The van der Waals surface area contributed by atoms with Crippen LogP contribution in [0.15, 0.2) is 83.0 Å². The average molecular weight is 874 g/mol. The molecule has 0 bridgehead atoms. The normalized spacial score (nSPS) is 23.5. The summed E-state index contributed by atoms with van der Waals surface area (Å²) >= 11 is 1.09. The number of carbonyl (C=O) groups excluding carboxylic acids is 1. The number of aromatic nitrogens is 2. The molecule has 2 atom stereocenters. The average Bonchev–Trinajstić information content (AvgIpc) is 3.90. The van der Waals surface area contributed by atoms with Crippen molar-refractivity contribution in [2.75, 3.05) is 42.9 Å². The molecule has 0 unspecified atom stereocenters. The van der Waals surface area contributed by atoms with E-state index in [1.54, 1.807) is 30.7 Å². The van der Waals surface area contributed by atoms with Crippen LogP contribution in [0.3, 0.4) is 0 Å². The number of nitrogens with one attached hydrogen (secondary N) is 3. The molecule has 4 fully saturated rings. The number of carbonyl (C=O) groups is 1. The first-order chi connectivity index (χ1) is 30.4. The van der Waals surface area contributed by atoms with Crippen molar-refractivity contribution in [1.82, 2.24) is 19.6 Å². The van der Waals surface area contributed by atoms with Crippen molar-refractivity contribution in [3.05, 3.63) is 106 Å². The number of hydrogen-bond acceptors (Lipinski definition) is 10. The van der Waals surface area contributed by atoms with Gasteiger partial charge in [-0.3, -0.25) is 14.4 Å². The van der Waals surface area contributed by atoms with Crippen LogP contribution < -0.4 is 19.7 Å². The lowest BCUT2D eigenvalue weighted by Gasteiger charge is -2.57. The fourth-order valence-electron chi connectivity index (χ4n) is 10.7. The van der Waals surface area contributed by atoms with E-state index in [-0.39, 0.29) is 11.6 Å². The number of aliphatic hydroxyl groups is 1. The Morgan fingerprint density at radius 1 is 1.02 bits per heavy atom. The molecule has 2 aliphatic heterocycles. The highest BCUT2D eigenvalue weighted by Gasteiger charge is 2.49. The van der Waals surface area contributed by atoms with Crippen molar-refractivity contribution >= 4 is 46.0 Å². The van der Waals surface area contributed by atoms with Gasteiger partial charge in [0.15, 0.2) is 0 Å². The number of rotatable bonds is 13. The number of pyridine rings is 1. The molecule has 63 heavy (non-hydrogen) atoms. The summed E-state index contributed by atoms with van der Waals surface area (Å²) in [5.41, 5.74) is 5.92. The van der Waals surface area contributed by atoms with Gasteiger partial charge < -0.3 is 25.0 Å². The van der Waals surface area contributed by atoms with Gasteiger partial charge in [-0.25, -0.2) is 9.37 Å². The third kappa shape index (κ3) is 9.19. The second-order valence-corrected chi connectivity index (χ2v) is 20.2. The third-order valence-corrected chi connectivity index (χ3v) is 15.3. The van der Waals surface area contributed by atoms with Crippen LogP contribution in [0.4, 0.5) is 21.5 Å². The number of likely N-dealkylation sites (tertiary alicyclic amines) is 1. The summed E-state index contributed by atoms with van der Waals surface area (Å²) in [4.78, 5) is 39.1. The summed E-state index contributed by atoms with van der Waals surface area (Å²) in [5.74, 6) is 1.41. The quantitative estimate of drug-likeness (QED) is 0.0673. The molecule has 0 radical (unpaired) electrons. The molecular weight excluding hydrogens is 814 g/mol. The van der Waals surface area contributed by atoms with Gasteiger partial charge in [0.2, 0.25) is 0 Å². The maximum atomic E-state index is 14.7. The molecule has 11 nitrogen and oxygen atoms in total. The maximum Gasteiger partial charge on any atom is 0.265 e. The zero-order valence-corrected chi connectivity index (χ0v) is 37.7. The molecular formula is C50H60FN7O4S. The second-order valence-electron chi connectivity index (χ2n) is 19.3. The molecule has 4 heterocycles. The summed E-state index contributed by atoms with van der Waals surface area (Å²) in [5, 5.41) is 17.3. The standard InChI is InChI=1S/C50H60FN7O4S/c1-31(2)36-8-5-6-9-37(36)38-10-7-11-44(38)58-29-50(30-58)20-22-57(23-21-50)34-12-14-39(46(24-34)62-45-26-40-41(51)28-53-47(40)54-32(45)3)48(59)56-63-35-13-15-42(43(25-35)55-61)52-27-33-16-18-49(4,60)19-17-33/h5-6,8-9,12-15,24-26,28,31,33,38,44,52,60H,7,10-11,16-23,27,29-30H2,1-4H3,(H,53,54)(H,56,59)/t33-,38-,44-,49-/m0/s1. The minimum absolute atomic E-state index is 0.258. The van der Waals surface area contributed by atoms with Crippen LogP contribution in [0.1, 0.15) is 118 Å². The molecule has 332 valence electrons. The van der Waals surface area contributed by atoms with E-state index < -0.39 is 11.4 Å². The Hall–Kier alpha value is -4.98. The number of halogens is 1. The summed E-state index contributed by atoms with van der Waals surface area (Å²) in [6, 6.07) is 22.3. The van der Waals surface area contributed by atoms with Crippen molar-refractivity contribution in [2.24, 2.45) is 16.5 Å². The molecule has 2 aromatic heterocycles. The molecule has 1 spiro atoms. The highest BCUT2D eigenvalue weighted by atomic mass is 32.2. The SMILES string of the molecule is Cc1nc2[nH]cc(F)c2cc1Oc1cc(N2CCC3(CC2)CN([C@H]2CCC[C@H]2c2ccccc2C(C)C)C3)ccc1C(=O)NSc1ccc(NC[C@H]2CC[C@](C)(O)CC2)c(N=O)c1. The first-order valence-electron chi connectivity index (χ1n) is 22.8. The van der Waals surface area contributed by atoms with Gasteiger partial charge in [0, 0.05) is 61.6 Å². The number of nitroso groups, excluding NO2 is 1. The zero-order chi connectivity index (χ0) is 43.9. The van der Waals surface area contributed by atoms with Gasteiger partial charge >= 0.3 is 0 Å². The molecule has 4 N–H and O–H groups in total. The zero-order valence-electron chi connectivity index (χ0n) is 36.9. The Morgan fingerprint density at radius 3 is 2.56 bits per heavy atom. The van der Waals surface area contributed by atoms with E-state index in [0.717, 1.165) is 82.3 Å². The monoisotopic (exact) mass is 873 g/mol. The molecule has 9 rings (SSSR count). The summed E-state index contributed by atoms with van der Waals surface area (Å²) in [6.07, 6.45) is 10.6.